The number of hydrogen-bond acceptors (Lipinski definition) is 2. The maximum atomic E-state index is 14.9. The summed E-state index contributed by atoms with van der Waals surface area (Å²) in [6.07, 6.45) is 0. The second-order valence-electron chi connectivity index (χ2n) is 8.07. The summed E-state index contributed by atoms with van der Waals surface area (Å²) in [6.45, 7) is 11.1. The minimum atomic E-state index is -3.26. The molecule has 1 saturated heterocycles. The monoisotopic (exact) mass is 388 g/mol. The van der Waals surface area contributed by atoms with Crippen molar-refractivity contribution in [2.45, 2.75) is 58.3 Å². The molecule has 3 nitrogen and oxygen atoms in total. The van der Waals surface area contributed by atoms with E-state index in [4.69, 9.17) is 0 Å². The molecular formula is C19H27F3N2OS. The number of nitrogens with zero attached hydrogens (tertiary/aromatic N) is 2. The molecule has 1 aromatic rings. The molecule has 1 aliphatic rings. The van der Waals surface area contributed by atoms with Crippen LogP contribution >= 0.6 is 0 Å². The van der Waals surface area contributed by atoms with Gasteiger partial charge in [0.25, 0.3) is 5.92 Å². The molecule has 0 amide bonds. The Morgan fingerprint density at radius 3 is 2.35 bits per heavy atom. The van der Waals surface area contributed by atoms with Gasteiger partial charge in [-0.1, -0.05) is 18.2 Å². The number of benzene rings is 1. The minimum absolute atomic E-state index is 0.0279. The average Bonchev–Trinajstić information content (AvgIpc) is 2.43. The van der Waals surface area contributed by atoms with E-state index in [-0.39, 0.29) is 30.4 Å². The normalized spacial score (nSPS) is 18.9. The zero-order valence-electron chi connectivity index (χ0n) is 16.1. The summed E-state index contributed by atoms with van der Waals surface area (Å²) in [7, 11) is -1.59. The standard InChI is InChI=1S/C19H27F3N2OS/c1-12(2)24-10-14(11-24)19(21,22)16-9-7-8-15(17(16)20)13(3)23-26(25)18(4,5)6/h7-9,12,14H,10-11H2,1-6H3/t26-/m0/s1. The maximum Gasteiger partial charge on any atom is 0.281 e. The number of alkyl halides is 2. The molecule has 1 fully saturated rings. The molecule has 1 aromatic carbocycles. The first-order chi connectivity index (χ1) is 11.9. The molecule has 0 saturated carbocycles. The van der Waals surface area contributed by atoms with Gasteiger partial charge in [-0.15, -0.1) is 0 Å². The van der Waals surface area contributed by atoms with Crippen LogP contribution in [-0.4, -0.2) is 38.7 Å². The highest BCUT2D eigenvalue weighted by Crippen LogP contribution is 2.43. The van der Waals surface area contributed by atoms with E-state index in [1.807, 2.05) is 18.7 Å². The Hall–Kier alpha value is -1.21. The molecule has 0 aliphatic carbocycles. The Bertz CT molecular complexity index is 720. The Morgan fingerprint density at radius 2 is 1.85 bits per heavy atom. The van der Waals surface area contributed by atoms with Crippen LogP contribution in [0, 0.1) is 11.7 Å². The van der Waals surface area contributed by atoms with Gasteiger partial charge >= 0.3 is 0 Å². The number of hydrogen-bond donors (Lipinski definition) is 0. The molecule has 0 spiro atoms. The fourth-order valence-electron chi connectivity index (χ4n) is 2.76. The van der Waals surface area contributed by atoms with Crippen LogP contribution in [0.25, 0.3) is 0 Å². The molecule has 146 valence electrons. The van der Waals surface area contributed by atoms with Gasteiger partial charge in [0.15, 0.2) is 0 Å². The second-order valence-corrected chi connectivity index (χ2v) is 9.98. The van der Waals surface area contributed by atoms with Crippen LogP contribution < -0.4 is 0 Å². The van der Waals surface area contributed by atoms with E-state index in [0.29, 0.717) is 0 Å². The van der Waals surface area contributed by atoms with Crippen molar-refractivity contribution < 1.29 is 17.4 Å². The fraction of sp³-hybridized carbons (Fsp3) is 0.632. The molecule has 0 aromatic heterocycles. The van der Waals surface area contributed by atoms with Gasteiger partial charge in [0.2, 0.25) is 0 Å². The van der Waals surface area contributed by atoms with Gasteiger partial charge in [0.05, 0.1) is 21.9 Å². The number of likely N-dealkylation sites (tertiary alicyclic amines) is 1. The lowest BCUT2D eigenvalue weighted by Gasteiger charge is -2.45. The highest BCUT2D eigenvalue weighted by atomic mass is 32.2. The van der Waals surface area contributed by atoms with Crippen molar-refractivity contribution in [2.75, 3.05) is 13.1 Å². The molecule has 7 heteroatoms. The summed E-state index contributed by atoms with van der Waals surface area (Å²) < 4.78 is 60.1. The third-order valence-corrected chi connectivity index (χ3v) is 6.13. The second kappa shape index (κ2) is 7.43. The molecule has 0 bridgehead atoms. The lowest BCUT2D eigenvalue weighted by atomic mass is 9.86. The average molecular weight is 388 g/mol. The summed E-state index contributed by atoms with van der Waals surface area (Å²) in [5.74, 6) is -5.14. The van der Waals surface area contributed by atoms with Crippen LogP contribution in [0.3, 0.4) is 0 Å². The first-order valence-corrected chi connectivity index (χ1v) is 9.85. The van der Waals surface area contributed by atoms with Crippen LogP contribution in [0.2, 0.25) is 0 Å². The molecule has 0 radical (unpaired) electrons. The SMILES string of the molecule is CC(=N[S@@](=O)C(C)(C)C)c1cccc(C(F)(F)C2CN(C(C)C)C2)c1F. The van der Waals surface area contributed by atoms with E-state index in [1.54, 1.807) is 20.8 Å². The summed E-state index contributed by atoms with van der Waals surface area (Å²) in [6, 6.07) is 4.12. The van der Waals surface area contributed by atoms with E-state index in [0.717, 1.165) is 6.07 Å². The molecule has 1 aliphatic heterocycles. The molecule has 2 rings (SSSR count). The smallest absolute Gasteiger partial charge is 0.281 e. The van der Waals surface area contributed by atoms with Crippen molar-refractivity contribution in [3.05, 3.63) is 35.1 Å². The third kappa shape index (κ3) is 4.19. The molecule has 0 N–H and O–H groups in total. The van der Waals surface area contributed by atoms with Gasteiger partial charge < -0.3 is 0 Å². The van der Waals surface area contributed by atoms with Crippen molar-refractivity contribution in [3.8, 4) is 0 Å². The zero-order chi connectivity index (χ0) is 19.9. The van der Waals surface area contributed by atoms with Gasteiger partial charge in [0, 0.05) is 24.7 Å². The Kier molecular flexibility index (Phi) is 6.03. The number of rotatable bonds is 5. The lowest BCUT2D eigenvalue weighted by molar-refractivity contribution is -0.132. The zero-order valence-corrected chi connectivity index (χ0v) is 17.0. The molecular weight excluding hydrogens is 361 g/mol. The van der Waals surface area contributed by atoms with E-state index >= 15 is 0 Å². The lowest BCUT2D eigenvalue weighted by Crippen LogP contribution is -2.56. The van der Waals surface area contributed by atoms with Crippen LogP contribution in [0.1, 0.15) is 52.7 Å². The van der Waals surface area contributed by atoms with Crippen molar-refractivity contribution in [1.82, 2.24) is 4.90 Å². The summed E-state index contributed by atoms with van der Waals surface area (Å²) in [4.78, 5) is 1.93. The molecule has 1 heterocycles. The van der Waals surface area contributed by atoms with Crippen molar-refractivity contribution in [1.29, 1.82) is 0 Å². The molecule has 0 unspecified atom stereocenters. The third-order valence-electron chi connectivity index (χ3n) is 4.64. The molecule has 1 atom stereocenters. The van der Waals surface area contributed by atoms with E-state index in [9.17, 15) is 17.4 Å². The van der Waals surface area contributed by atoms with Crippen LogP contribution in [0.5, 0.6) is 0 Å². The maximum absolute atomic E-state index is 14.9. The topological polar surface area (TPSA) is 32.7 Å². The Labute approximate surface area is 156 Å². The first kappa shape index (κ1) is 21.1. The fourth-order valence-corrected chi connectivity index (χ4v) is 3.38. The largest absolute Gasteiger partial charge is 0.300 e. The highest BCUT2D eigenvalue weighted by molar-refractivity contribution is 7.85. The Balaban J connectivity index is 2.32. The Morgan fingerprint density at radius 1 is 1.27 bits per heavy atom. The predicted molar refractivity (Wildman–Crippen MR) is 101 cm³/mol. The first-order valence-electron chi connectivity index (χ1n) is 8.74. The summed E-state index contributed by atoms with van der Waals surface area (Å²) in [5, 5.41) is 0. The van der Waals surface area contributed by atoms with Gasteiger partial charge in [-0.3, -0.25) is 4.90 Å². The van der Waals surface area contributed by atoms with E-state index in [2.05, 4.69) is 4.40 Å². The van der Waals surface area contributed by atoms with E-state index in [1.165, 1.54) is 19.1 Å². The quantitative estimate of drug-likeness (QED) is 0.695. The highest BCUT2D eigenvalue weighted by Gasteiger charge is 2.49. The van der Waals surface area contributed by atoms with Crippen LogP contribution in [0.15, 0.2) is 22.6 Å². The van der Waals surface area contributed by atoms with Crippen molar-refractivity contribution >= 4 is 16.7 Å². The number of halogens is 3. The van der Waals surface area contributed by atoms with Gasteiger partial charge in [-0.2, -0.15) is 4.40 Å². The summed E-state index contributed by atoms with van der Waals surface area (Å²) in [5.41, 5.74) is -0.481. The van der Waals surface area contributed by atoms with Crippen molar-refractivity contribution in [2.24, 2.45) is 10.3 Å². The van der Waals surface area contributed by atoms with E-state index < -0.39 is 39.0 Å². The van der Waals surface area contributed by atoms with Crippen molar-refractivity contribution in [3.63, 3.8) is 0 Å². The van der Waals surface area contributed by atoms with Gasteiger partial charge in [0.1, 0.15) is 16.8 Å². The minimum Gasteiger partial charge on any atom is -0.300 e. The van der Waals surface area contributed by atoms with Gasteiger partial charge in [-0.05, 0) is 41.5 Å². The van der Waals surface area contributed by atoms with Gasteiger partial charge in [-0.25, -0.2) is 17.4 Å². The summed E-state index contributed by atoms with van der Waals surface area (Å²) >= 11 is 0. The predicted octanol–water partition coefficient (Wildman–Crippen LogP) is 4.53. The van der Waals surface area contributed by atoms with Crippen LogP contribution in [-0.2, 0) is 16.9 Å². The molecule has 26 heavy (non-hydrogen) atoms. The van der Waals surface area contributed by atoms with Crippen LogP contribution in [0.4, 0.5) is 13.2 Å².